The maximum Gasteiger partial charge on any atom is 0.255 e. The fraction of sp³-hybridized carbons (Fsp3) is 0.458. The molecular formula is C24H36N4O2+2. The predicted octanol–water partition coefficient (Wildman–Crippen LogP) is 0.0356. The minimum Gasteiger partial charge on any atom is -0.493 e. The van der Waals surface area contributed by atoms with Crippen LogP contribution in [0.4, 0.5) is 5.69 Å². The Bertz CT molecular complexity index is 814. The van der Waals surface area contributed by atoms with Crippen LogP contribution in [-0.2, 0) is 0 Å². The van der Waals surface area contributed by atoms with Gasteiger partial charge in [0.25, 0.3) is 5.91 Å². The summed E-state index contributed by atoms with van der Waals surface area (Å²) in [6.45, 7) is 7.61. The lowest BCUT2D eigenvalue weighted by Gasteiger charge is -2.33. The van der Waals surface area contributed by atoms with E-state index in [-0.39, 0.29) is 11.9 Å². The summed E-state index contributed by atoms with van der Waals surface area (Å²) in [6, 6.07) is 16.4. The fourth-order valence-corrected chi connectivity index (χ4v) is 4.07. The average molecular weight is 413 g/mol. The van der Waals surface area contributed by atoms with Gasteiger partial charge < -0.3 is 24.8 Å². The third-order valence-electron chi connectivity index (χ3n) is 5.95. The molecule has 0 aromatic heterocycles. The van der Waals surface area contributed by atoms with Crippen LogP contribution < -0.4 is 24.8 Å². The van der Waals surface area contributed by atoms with Gasteiger partial charge in [-0.05, 0) is 31.2 Å². The maximum atomic E-state index is 12.9. The smallest absolute Gasteiger partial charge is 0.255 e. The van der Waals surface area contributed by atoms with Crippen molar-refractivity contribution < 1.29 is 19.3 Å². The maximum absolute atomic E-state index is 12.9. The molecule has 0 bridgehead atoms. The van der Waals surface area contributed by atoms with Gasteiger partial charge in [-0.1, -0.05) is 24.3 Å². The molecule has 1 atom stereocenters. The quantitative estimate of drug-likeness (QED) is 0.574. The molecule has 6 heteroatoms. The molecule has 0 saturated carbocycles. The Balaban J connectivity index is 1.76. The second-order valence-electron chi connectivity index (χ2n) is 8.29. The molecule has 1 heterocycles. The van der Waals surface area contributed by atoms with Crippen LogP contribution in [0, 0.1) is 0 Å². The molecular weight excluding hydrogens is 376 g/mol. The molecule has 3 N–H and O–H groups in total. The zero-order chi connectivity index (χ0) is 21.5. The minimum absolute atomic E-state index is 0.0758. The molecule has 1 fully saturated rings. The van der Waals surface area contributed by atoms with E-state index in [1.54, 1.807) is 4.90 Å². The summed E-state index contributed by atoms with van der Waals surface area (Å²) in [7, 11) is 6.36. The molecule has 0 aliphatic carbocycles. The van der Waals surface area contributed by atoms with E-state index < -0.39 is 0 Å². The number of amides is 1. The highest BCUT2D eigenvalue weighted by Gasteiger charge is 2.30. The standard InChI is InChI=1S/C24H34N4O2/c1-5-30-23-9-7-6-8-21(23)24(29)25-18-22(28-16-14-27(4)15-17-28)19-10-12-20(13-11-19)26(2)3/h6-13,22H,5,14-18H2,1-4H3,(H,25,29)/p+2/t22-/m1/s1. The molecule has 1 aliphatic rings. The van der Waals surface area contributed by atoms with Gasteiger partial charge >= 0.3 is 0 Å². The lowest BCUT2D eigenvalue weighted by atomic mass is 10.0. The van der Waals surface area contributed by atoms with E-state index in [9.17, 15) is 4.79 Å². The highest BCUT2D eigenvalue weighted by atomic mass is 16.5. The lowest BCUT2D eigenvalue weighted by molar-refractivity contribution is -1.02. The number of quaternary nitrogens is 2. The number of nitrogens with one attached hydrogen (secondary N) is 3. The molecule has 6 nitrogen and oxygen atoms in total. The van der Waals surface area contributed by atoms with Crippen molar-refractivity contribution in [2.45, 2.75) is 13.0 Å². The van der Waals surface area contributed by atoms with Crippen molar-refractivity contribution in [1.29, 1.82) is 0 Å². The summed E-state index contributed by atoms with van der Waals surface area (Å²) in [5.74, 6) is 0.563. The molecule has 1 amide bonds. The van der Waals surface area contributed by atoms with Crippen LogP contribution in [0.25, 0.3) is 0 Å². The van der Waals surface area contributed by atoms with Gasteiger partial charge in [-0.25, -0.2) is 0 Å². The number of hydrogen-bond acceptors (Lipinski definition) is 3. The Morgan fingerprint density at radius 1 is 1.07 bits per heavy atom. The van der Waals surface area contributed by atoms with Gasteiger partial charge in [0, 0.05) is 25.3 Å². The predicted molar refractivity (Wildman–Crippen MR) is 121 cm³/mol. The van der Waals surface area contributed by atoms with Crippen molar-refractivity contribution in [3.05, 3.63) is 59.7 Å². The summed E-state index contributed by atoms with van der Waals surface area (Å²) in [5, 5.41) is 3.19. The van der Waals surface area contributed by atoms with Crippen molar-refractivity contribution in [3.8, 4) is 5.75 Å². The first-order chi connectivity index (χ1) is 14.5. The summed E-state index contributed by atoms with van der Waals surface area (Å²) in [5.41, 5.74) is 3.05. The topological polar surface area (TPSA) is 50.4 Å². The molecule has 162 valence electrons. The summed E-state index contributed by atoms with van der Waals surface area (Å²) >= 11 is 0. The van der Waals surface area contributed by atoms with Crippen LogP contribution in [0.5, 0.6) is 5.75 Å². The zero-order valence-electron chi connectivity index (χ0n) is 18.7. The molecule has 0 spiro atoms. The summed E-state index contributed by atoms with van der Waals surface area (Å²) in [6.07, 6.45) is 0. The van der Waals surface area contributed by atoms with Crippen molar-refractivity contribution in [3.63, 3.8) is 0 Å². The molecule has 2 aromatic carbocycles. The highest BCUT2D eigenvalue weighted by molar-refractivity contribution is 5.96. The first-order valence-corrected chi connectivity index (χ1v) is 10.9. The summed E-state index contributed by atoms with van der Waals surface area (Å²) < 4.78 is 5.64. The van der Waals surface area contributed by atoms with Crippen molar-refractivity contribution >= 4 is 11.6 Å². The Labute approximate surface area is 180 Å². The van der Waals surface area contributed by atoms with E-state index in [2.05, 4.69) is 55.6 Å². The number of ether oxygens (including phenoxy) is 1. The first-order valence-electron chi connectivity index (χ1n) is 10.9. The van der Waals surface area contributed by atoms with Gasteiger partial charge in [0.05, 0.1) is 25.8 Å². The minimum atomic E-state index is -0.0758. The third-order valence-corrected chi connectivity index (χ3v) is 5.95. The summed E-state index contributed by atoms with van der Waals surface area (Å²) in [4.78, 5) is 18.2. The average Bonchev–Trinajstić information content (AvgIpc) is 2.76. The number of hydrogen-bond donors (Lipinski definition) is 3. The molecule has 1 aliphatic heterocycles. The molecule has 3 rings (SSSR count). The Morgan fingerprint density at radius 2 is 1.73 bits per heavy atom. The van der Waals surface area contributed by atoms with E-state index in [0.717, 1.165) is 26.2 Å². The lowest BCUT2D eigenvalue weighted by Crippen LogP contribution is -3.27. The first kappa shape index (κ1) is 22.1. The van der Waals surface area contributed by atoms with Gasteiger partial charge in [0.1, 0.15) is 38.0 Å². The van der Waals surface area contributed by atoms with E-state index in [1.807, 2.05) is 31.2 Å². The number of anilines is 1. The van der Waals surface area contributed by atoms with Crippen LogP contribution >= 0.6 is 0 Å². The van der Waals surface area contributed by atoms with E-state index in [1.165, 1.54) is 16.2 Å². The van der Waals surface area contributed by atoms with Crippen molar-refractivity contribution in [2.24, 2.45) is 0 Å². The molecule has 30 heavy (non-hydrogen) atoms. The van der Waals surface area contributed by atoms with E-state index in [4.69, 9.17) is 4.74 Å². The molecule has 2 aromatic rings. The van der Waals surface area contributed by atoms with Crippen molar-refractivity contribution in [2.75, 3.05) is 65.4 Å². The number of likely N-dealkylation sites (N-methyl/N-ethyl adjacent to an activating group) is 1. The molecule has 1 saturated heterocycles. The number of rotatable bonds is 8. The fourth-order valence-electron chi connectivity index (χ4n) is 4.07. The van der Waals surface area contributed by atoms with Crippen LogP contribution in [0.15, 0.2) is 48.5 Å². The van der Waals surface area contributed by atoms with Crippen molar-refractivity contribution in [1.82, 2.24) is 5.32 Å². The van der Waals surface area contributed by atoms with Crippen LogP contribution in [0.3, 0.4) is 0 Å². The second kappa shape index (κ2) is 10.5. The number of nitrogens with zero attached hydrogens (tertiary/aromatic N) is 1. The van der Waals surface area contributed by atoms with Crippen LogP contribution in [0.1, 0.15) is 28.9 Å². The Morgan fingerprint density at radius 3 is 2.37 bits per heavy atom. The third kappa shape index (κ3) is 5.52. The SMILES string of the molecule is CCOc1ccccc1C(=O)NC[C@H](c1ccc(N(C)C)cc1)[NH+]1CC[NH+](C)CC1. The monoisotopic (exact) mass is 412 g/mol. The number of piperazine rings is 1. The largest absolute Gasteiger partial charge is 0.493 e. The normalized spacial score (nSPS) is 19.7. The van der Waals surface area contributed by atoms with Gasteiger partial charge in [0.15, 0.2) is 0 Å². The van der Waals surface area contributed by atoms with Gasteiger partial charge in [-0.15, -0.1) is 0 Å². The Hall–Kier alpha value is -2.57. The second-order valence-corrected chi connectivity index (χ2v) is 8.29. The number of benzene rings is 2. The van der Waals surface area contributed by atoms with Gasteiger partial charge in [0.2, 0.25) is 0 Å². The number of carbonyl (C=O) groups is 1. The molecule has 0 unspecified atom stereocenters. The zero-order valence-corrected chi connectivity index (χ0v) is 18.7. The number of para-hydroxylation sites is 1. The Kier molecular flexibility index (Phi) is 7.71. The van der Waals surface area contributed by atoms with Crippen LogP contribution in [-0.4, -0.2) is 66.4 Å². The molecule has 0 radical (unpaired) electrons. The number of carbonyl (C=O) groups excluding carboxylic acids is 1. The van der Waals surface area contributed by atoms with E-state index >= 15 is 0 Å². The van der Waals surface area contributed by atoms with E-state index in [0.29, 0.717) is 24.5 Å². The van der Waals surface area contributed by atoms with Gasteiger partial charge in [-0.2, -0.15) is 0 Å². The highest BCUT2D eigenvalue weighted by Crippen LogP contribution is 2.19. The van der Waals surface area contributed by atoms with Gasteiger partial charge in [-0.3, -0.25) is 4.79 Å². The van der Waals surface area contributed by atoms with Crippen LogP contribution in [0.2, 0.25) is 0 Å².